The van der Waals surface area contributed by atoms with Crippen LogP contribution in [0.5, 0.6) is 11.5 Å². The first-order valence-corrected chi connectivity index (χ1v) is 12.8. The fourth-order valence-electron chi connectivity index (χ4n) is 5.83. The molecule has 1 N–H and O–H groups in total. The zero-order chi connectivity index (χ0) is 23.5. The number of hydrogen-bond acceptors (Lipinski definition) is 4. The molecule has 3 atom stereocenters. The molecule has 0 bridgehead atoms. The number of aromatic hydroxyl groups is 1. The molecule has 4 heteroatoms. The Hall–Kier alpha value is -1.71. The van der Waals surface area contributed by atoms with Crippen molar-refractivity contribution in [3.8, 4) is 11.5 Å². The monoisotopic (exact) mass is 444 g/mol. The lowest BCUT2D eigenvalue weighted by Gasteiger charge is -2.49. The largest absolute Gasteiger partial charge is 0.508 e. The van der Waals surface area contributed by atoms with Gasteiger partial charge in [0.1, 0.15) is 17.1 Å². The summed E-state index contributed by atoms with van der Waals surface area (Å²) in [5, 5.41) is 11.2. The molecule has 2 aliphatic rings. The highest BCUT2D eigenvalue weighted by Gasteiger charge is 2.48. The number of ether oxygens (including phenoxy) is 2. The fraction of sp³-hybridized carbons (Fsp3) is 0.750. The van der Waals surface area contributed by atoms with Gasteiger partial charge in [0.15, 0.2) is 0 Å². The van der Waals surface area contributed by atoms with Crippen molar-refractivity contribution in [3.05, 3.63) is 23.3 Å². The van der Waals surface area contributed by atoms with Crippen LogP contribution in [0.2, 0.25) is 0 Å². The molecule has 0 aromatic heterocycles. The standard InChI is InChI=1S/C28H44O4/c1-7-9-10-11-14-27(3,4)20-16-23(29)26-21-15-19(18-31-25(30)8-2)12-13-22(21)28(5,6)32-24(26)17-20/h16-17,19,21-22,29H,7-15,18H2,1-6H3. The first-order valence-electron chi connectivity index (χ1n) is 12.8. The first-order chi connectivity index (χ1) is 15.1. The van der Waals surface area contributed by atoms with E-state index in [9.17, 15) is 9.90 Å². The zero-order valence-corrected chi connectivity index (χ0v) is 21.1. The molecule has 1 saturated carbocycles. The van der Waals surface area contributed by atoms with E-state index in [2.05, 4.69) is 40.7 Å². The van der Waals surface area contributed by atoms with Crippen molar-refractivity contribution >= 4 is 5.97 Å². The van der Waals surface area contributed by atoms with Gasteiger partial charge < -0.3 is 14.6 Å². The number of carbonyl (C=O) groups is 1. The second kappa shape index (κ2) is 10.1. The molecule has 180 valence electrons. The summed E-state index contributed by atoms with van der Waals surface area (Å²) >= 11 is 0. The summed E-state index contributed by atoms with van der Waals surface area (Å²) in [6.45, 7) is 13.5. The van der Waals surface area contributed by atoms with Gasteiger partial charge in [-0.25, -0.2) is 0 Å². The Labute approximate surface area is 195 Å². The number of phenols is 1. The molecule has 0 saturated heterocycles. The highest BCUT2D eigenvalue weighted by molar-refractivity contribution is 5.68. The number of esters is 1. The molecule has 0 amide bonds. The predicted octanol–water partition coefficient (Wildman–Crippen LogP) is 7.26. The van der Waals surface area contributed by atoms with Crippen molar-refractivity contribution in [3.63, 3.8) is 0 Å². The number of benzene rings is 1. The molecule has 1 aromatic rings. The third-order valence-electron chi connectivity index (χ3n) is 7.92. The normalized spacial score (nSPS) is 24.2. The summed E-state index contributed by atoms with van der Waals surface area (Å²) < 4.78 is 12.0. The minimum Gasteiger partial charge on any atom is -0.508 e. The molecule has 1 aliphatic carbocycles. The highest BCUT2D eigenvalue weighted by Crippen LogP contribution is 2.56. The smallest absolute Gasteiger partial charge is 0.305 e. The first kappa shape index (κ1) is 24.9. The minimum atomic E-state index is -0.279. The van der Waals surface area contributed by atoms with E-state index in [-0.39, 0.29) is 22.9 Å². The molecule has 1 heterocycles. The molecule has 1 aromatic carbocycles. The van der Waals surface area contributed by atoms with Crippen molar-refractivity contribution < 1.29 is 19.4 Å². The topological polar surface area (TPSA) is 55.8 Å². The van der Waals surface area contributed by atoms with Crippen molar-refractivity contribution in [2.75, 3.05) is 6.61 Å². The number of rotatable bonds is 9. The molecule has 0 spiro atoms. The van der Waals surface area contributed by atoms with E-state index in [4.69, 9.17) is 9.47 Å². The van der Waals surface area contributed by atoms with Gasteiger partial charge >= 0.3 is 5.97 Å². The summed E-state index contributed by atoms with van der Waals surface area (Å²) in [7, 11) is 0. The molecule has 32 heavy (non-hydrogen) atoms. The predicted molar refractivity (Wildman–Crippen MR) is 129 cm³/mol. The van der Waals surface area contributed by atoms with Crippen LogP contribution in [0.1, 0.15) is 116 Å². The van der Waals surface area contributed by atoms with Gasteiger partial charge in [0.25, 0.3) is 0 Å². The van der Waals surface area contributed by atoms with E-state index in [1.807, 2.05) is 13.0 Å². The summed E-state index contributed by atoms with van der Waals surface area (Å²) in [5.74, 6) is 2.01. The number of unbranched alkanes of at least 4 members (excludes halogenated alkanes) is 3. The van der Waals surface area contributed by atoms with E-state index in [1.54, 1.807) is 0 Å². The Bertz CT molecular complexity index is 795. The van der Waals surface area contributed by atoms with Crippen molar-refractivity contribution in [1.29, 1.82) is 0 Å². The van der Waals surface area contributed by atoms with Gasteiger partial charge in [0, 0.05) is 17.9 Å². The molecule has 0 radical (unpaired) electrons. The van der Waals surface area contributed by atoms with Gasteiger partial charge in [-0.15, -0.1) is 0 Å². The maximum Gasteiger partial charge on any atom is 0.305 e. The number of phenolic OH excluding ortho intramolecular Hbond substituents is 1. The summed E-state index contributed by atoms with van der Waals surface area (Å²) in [6, 6.07) is 4.17. The van der Waals surface area contributed by atoms with Crippen LogP contribution in [0.3, 0.4) is 0 Å². The Balaban J connectivity index is 1.85. The van der Waals surface area contributed by atoms with Crippen LogP contribution in [-0.4, -0.2) is 23.3 Å². The Morgan fingerprint density at radius 1 is 1.19 bits per heavy atom. The van der Waals surface area contributed by atoms with E-state index in [0.717, 1.165) is 42.6 Å². The molecule has 3 unspecified atom stereocenters. The second-order valence-corrected chi connectivity index (χ2v) is 11.2. The van der Waals surface area contributed by atoms with Crippen LogP contribution >= 0.6 is 0 Å². The Morgan fingerprint density at radius 2 is 1.94 bits per heavy atom. The highest BCUT2D eigenvalue weighted by atomic mass is 16.5. The lowest BCUT2D eigenvalue weighted by atomic mass is 9.63. The third-order valence-corrected chi connectivity index (χ3v) is 7.92. The van der Waals surface area contributed by atoms with Gasteiger partial charge in [-0.2, -0.15) is 0 Å². The number of hydrogen-bond donors (Lipinski definition) is 1. The number of carbonyl (C=O) groups excluding carboxylic acids is 1. The lowest BCUT2D eigenvalue weighted by molar-refractivity contribution is -0.145. The summed E-state index contributed by atoms with van der Waals surface area (Å²) in [6.07, 6.45) is 9.48. The van der Waals surface area contributed by atoms with Crippen molar-refractivity contribution in [1.82, 2.24) is 0 Å². The van der Waals surface area contributed by atoms with Crippen LogP contribution in [-0.2, 0) is 14.9 Å². The summed E-state index contributed by atoms with van der Waals surface area (Å²) in [5.41, 5.74) is 1.84. The van der Waals surface area contributed by atoms with E-state index in [1.165, 1.54) is 25.7 Å². The van der Waals surface area contributed by atoms with Crippen LogP contribution in [0.15, 0.2) is 12.1 Å². The van der Waals surface area contributed by atoms with Crippen LogP contribution in [0, 0.1) is 11.8 Å². The van der Waals surface area contributed by atoms with Crippen molar-refractivity contribution in [2.24, 2.45) is 11.8 Å². The van der Waals surface area contributed by atoms with Crippen molar-refractivity contribution in [2.45, 2.75) is 116 Å². The third kappa shape index (κ3) is 5.43. The van der Waals surface area contributed by atoms with Crippen LogP contribution in [0.25, 0.3) is 0 Å². The molecule has 1 fully saturated rings. The van der Waals surface area contributed by atoms with Gasteiger partial charge in [-0.3, -0.25) is 4.79 Å². The molecule has 3 rings (SSSR count). The van der Waals surface area contributed by atoms with E-state index < -0.39 is 0 Å². The van der Waals surface area contributed by atoms with Crippen LogP contribution in [0.4, 0.5) is 0 Å². The molecular weight excluding hydrogens is 400 g/mol. The van der Waals surface area contributed by atoms with Gasteiger partial charge in [0.2, 0.25) is 0 Å². The van der Waals surface area contributed by atoms with Gasteiger partial charge in [0.05, 0.1) is 6.61 Å². The SMILES string of the molecule is CCCCCCC(C)(C)c1cc(O)c2c(c1)OC(C)(C)C1CCC(COC(=O)CC)CC21. The Morgan fingerprint density at radius 3 is 2.62 bits per heavy atom. The van der Waals surface area contributed by atoms with Crippen LogP contribution < -0.4 is 4.74 Å². The molecular formula is C28H44O4. The average molecular weight is 445 g/mol. The summed E-state index contributed by atoms with van der Waals surface area (Å²) in [4.78, 5) is 11.7. The molecule has 4 nitrogen and oxygen atoms in total. The zero-order valence-electron chi connectivity index (χ0n) is 21.1. The minimum absolute atomic E-state index is 0.00590. The Kier molecular flexibility index (Phi) is 7.83. The maximum atomic E-state index is 11.7. The number of fused-ring (bicyclic) bond motifs is 3. The average Bonchev–Trinajstić information content (AvgIpc) is 2.74. The second-order valence-electron chi connectivity index (χ2n) is 11.2. The fourth-order valence-corrected chi connectivity index (χ4v) is 5.83. The quantitative estimate of drug-likeness (QED) is 0.321. The molecule has 1 aliphatic heterocycles. The van der Waals surface area contributed by atoms with Gasteiger partial charge in [-0.05, 0) is 74.5 Å². The van der Waals surface area contributed by atoms with E-state index in [0.29, 0.717) is 30.6 Å². The van der Waals surface area contributed by atoms with Gasteiger partial charge in [-0.1, -0.05) is 53.4 Å². The van der Waals surface area contributed by atoms with E-state index >= 15 is 0 Å². The lowest BCUT2D eigenvalue weighted by Crippen LogP contribution is -2.47. The maximum absolute atomic E-state index is 11.7.